The highest BCUT2D eigenvalue weighted by molar-refractivity contribution is 7.92. The fraction of sp³-hybridized carbons (Fsp3) is 0.176. The average molecular weight is 329 g/mol. The molecule has 0 saturated heterocycles. The van der Waals surface area contributed by atoms with E-state index in [1.54, 1.807) is 18.2 Å². The molecule has 2 aromatic carbocycles. The molecule has 23 heavy (non-hydrogen) atoms. The molecule has 6 heteroatoms. The lowest BCUT2D eigenvalue weighted by molar-refractivity contribution is -0.110. The van der Waals surface area contributed by atoms with Crippen LogP contribution in [0.3, 0.4) is 0 Å². The summed E-state index contributed by atoms with van der Waals surface area (Å²) in [7, 11) is -3.85. The molecule has 4 nitrogen and oxygen atoms in total. The van der Waals surface area contributed by atoms with E-state index in [9.17, 15) is 22.9 Å². The van der Waals surface area contributed by atoms with Crippen molar-refractivity contribution in [3.63, 3.8) is 0 Å². The van der Waals surface area contributed by atoms with E-state index in [0.29, 0.717) is 11.8 Å². The van der Waals surface area contributed by atoms with E-state index in [1.807, 2.05) is 6.07 Å². The van der Waals surface area contributed by atoms with Crippen LogP contribution in [0.4, 0.5) is 4.39 Å². The quantitative estimate of drug-likeness (QED) is 0.808. The lowest BCUT2D eigenvalue weighted by Crippen LogP contribution is -2.16. The smallest absolute Gasteiger partial charge is 0.183 e. The van der Waals surface area contributed by atoms with Gasteiger partial charge in [0.05, 0.1) is 11.0 Å². The molecular weight excluding hydrogens is 317 g/mol. The van der Waals surface area contributed by atoms with Crippen LogP contribution in [0, 0.1) is 22.6 Å². The summed E-state index contributed by atoms with van der Waals surface area (Å²) in [6.07, 6.45) is 0.395. The Morgan fingerprint density at radius 2 is 1.70 bits per heavy atom. The van der Waals surface area contributed by atoms with E-state index in [0.717, 1.165) is 0 Å². The highest BCUT2D eigenvalue weighted by Crippen LogP contribution is 2.62. The van der Waals surface area contributed by atoms with Gasteiger partial charge in [0.25, 0.3) is 0 Å². The zero-order valence-electron chi connectivity index (χ0n) is 11.9. The summed E-state index contributed by atoms with van der Waals surface area (Å²) in [6.45, 7) is 0. The summed E-state index contributed by atoms with van der Waals surface area (Å²) in [5.41, 5.74) is -1.17. The number of carbonyl (C=O) groups is 1. The van der Waals surface area contributed by atoms with Crippen LogP contribution >= 0.6 is 0 Å². The number of hydrogen-bond donors (Lipinski definition) is 0. The van der Waals surface area contributed by atoms with Gasteiger partial charge in [-0.25, -0.2) is 12.8 Å². The van der Waals surface area contributed by atoms with E-state index >= 15 is 0 Å². The predicted octanol–water partition coefficient (Wildman–Crippen LogP) is 2.47. The van der Waals surface area contributed by atoms with Gasteiger partial charge in [-0.3, -0.25) is 0 Å². The summed E-state index contributed by atoms with van der Waals surface area (Å²) in [5, 5.41) is 8.24. The maximum atomic E-state index is 13.1. The van der Waals surface area contributed by atoms with E-state index in [4.69, 9.17) is 0 Å². The molecule has 2 aromatic rings. The van der Waals surface area contributed by atoms with Crippen molar-refractivity contribution in [1.82, 2.24) is 0 Å². The number of halogens is 1. The van der Waals surface area contributed by atoms with Gasteiger partial charge in [-0.15, -0.1) is 0 Å². The first-order chi connectivity index (χ1) is 11.0. The molecule has 1 aliphatic carbocycles. The monoisotopic (exact) mass is 329 g/mol. The average Bonchev–Trinajstić information content (AvgIpc) is 3.27. The minimum Gasteiger partial charge on any atom is -0.302 e. The molecule has 0 N–H and O–H groups in total. The van der Waals surface area contributed by atoms with Gasteiger partial charge in [0.2, 0.25) is 0 Å². The number of carbonyl (C=O) groups excluding carboxylic acids is 1. The van der Waals surface area contributed by atoms with E-state index < -0.39 is 32.2 Å². The molecule has 0 unspecified atom stereocenters. The van der Waals surface area contributed by atoms with Crippen LogP contribution in [0.25, 0.3) is 0 Å². The molecule has 0 bridgehead atoms. The zero-order valence-corrected chi connectivity index (χ0v) is 12.7. The number of aldehydes is 1. The number of nitriles is 1. The van der Waals surface area contributed by atoms with E-state index in [2.05, 4.69) is 0 Å². The Bertz CT molecular complexity index is 888. The lowest BCUT2D eigenvalue weighted by atomic mass is 10.0. The third kappa shape index (κ3) is 2.25. The molecule has 0 aliphatic heterocycles. The van der Waals surface area contributed by atoms with Gasteiger partial charge in [0.15, 0.2) is 9.84 Å². The molecule has 0 radical (unpaired) electrons. The van der Waals surface area contributed by atoms with Gasteiger partial charge in [-0.1, -0.05) is 30.3 Å². The molecule has 1 saturated carbocycles. The molecular formula is C17H12FNO3S. The fourth-order valence-corrected chi connectivity index (χ4v) is 5.25. The maximum absolute atomic E-state index is 13.1. The SMILES string of the molecule is N#C[C@@]1(C=O)[C@@H](c2ccc(F)cc2)[C@@H]1S(=O)(=O)c1ccccc1. The lowest BCUT2D eigenvalue weighted by Gasteiger charge is -2.03. The standard InChI is InChI=1S/C17H12FNO3S/c18-13-8-6-12(7-9-13)15-16(17(15,10-19)11-20)23(21,22)14-4-2-1-3-5-14/h1-9,11,15-16H/t15-,16-,17+/m0/s1. The first-order valence-electron chi connectivity index (χ1n) is 6.89. The molecule has 0 spiro atoms. The molecule has 0 heterocycles. The second kappa shape index (κ2) is 5.28. The Hall–Kier alpha value is -2.52. The number of hydrogen-bond acceptors (Lipinski definition) is 4. The first-order valence-corrected chi connectivity index (χ1v) is 8.44. The molecule has 3 rings (SSSR count). The molecule has 1 fully saturated rings. The van der Waals surface area contributed by atoms with Crippen LogP contribution in [-0.4, -0.2) is 20.0 Å². The van der Waals surface area contributed by atoms with Crippen LogP contribution in [0.15, 0.2) is 59.5 Å². The van der Waals surface area contributed by atoms with Crippen molar-refractivity contribution in [2.75, 3.05) is 0 Å². The second-order valence-electron chi connectivity index (χ2n) is 5.47. The zero-order chi connectivity index (χ0) is 16.7. The van der Waals surface area contributed by atoms with Crippen LogP contribution < -0.4 is 0 Å². The number of rotatable bonds is 4. The van der Waals surface area contributed by atoms with Gasteiger partial charge < -0.3 is 4.79 Å². The van der Waals surface area contributed by atoms with Crippen LogP contribution in [0.5, 0.6) is 0 Å². The number of sulfone groups is 1. The molecule has 3 atom stereocenters. The van der Waals surface area contributed by atoms with E-state index in [-0.39, 0.29) is 4.90 Å². The number of benzene rings is 2. The maximum Gasteiger partial charge on any atom is 0.183 e. The summed E-state index contributed by atoms with van der Waals surface area (Å²) >= 11 is 0. The van der Waals surface area contributed by atoms with Gasteiger partial charge in [-0.2, -0.15) is 5.26 Å². The van der Waals surface area contributed by atoms with Crippen LogP contribution in [0.1, 0.15) is 11.5 Å². The summed E-state index contributed by atoms with van der Waals surface area (Å²) in [6, 6.07) is 14.8. The van der Waals surface area contributed by atoms with Crippen molar-refractivity contribution in [3.05, 3.63) is 66.0 Å². The molecule has 116 valence electrons. The molecule has 0 aromatic heterocycles. The minimum atomic E-state index is -3.85. The summed E-state index contributed by atoms with van der Waals surface area (Å²) in [5.74, 6) is -1.26. The Morgan fingerprint density at radius 3 is 2.22 bits per heavy atom. The van der Waals surface area contributed by atoms with Crippen molar-refractivity contribution < 1.29 is 17.6 Å². The molecule has 0 amide bonds. The fourth-order valence-electron chi connectivity index (χ4n) is 2.99. The second-order valence-corrected chi connectivity index (χ2v) is 7.54. The van der Waals surface area contributed by atoms with Crippen molar-refractivity contribution in [3.8, 4) is 6.07 Å². The topological polar surface area (TPSA) is 75.0 Å². The summed E-state index contributed by atoms with van der Waals surface area (Å²) in [4.78, 5) is 11.6. The summed E-state index contributed by atoms with van der Waals surface area (Å²) < 4.78 is 38.7. The number of nitrogens with zero attached hydrogens (tertiary/aromatic N) is 1. The van der Waals surface area contributed by atoms with Crippen LogP contribution in [-0.2, 0) is 14.6 Å². The Morgan fingerprint density at radius 1 is 1.09 bits per heavy atom. The third-order valence-corrected chi connectivity index (χ3v) is 6.46. The predicted molar refractivity (Wildman–Crippen MR) is 80.7 cm³/mol. The first kappa shape index (κ1) is 15.4. The van der Waals surface area contributed by atoms with Gasteiger partial charge in [0.1, 0.15) is 22.8 Å². The Balaban J connectivity index is 2.09. The highest BCUT2D eigenvalue weighted by Gasteiger charge is 2.72. The van der Waals surface area contributed by atoms with Crippen molar-refractivity contribution in [2.24, 2.45) is 5.41 Å². The largest absolute Gasteiger partial charge is 0.302 e. The minimum absolute atomic E-state index is 0.0658. The Labute approximate surface area is 133 Å². The van der Waals surface area contributed by atoms with Crippen molar-refractivity contribution in [2.45, 2.75) is 16.1 Å². The third-order valence-electron chi connectivity index (χ3n) is 4.20. The van der Waals surface area contributed by atoms with Gasteiger partial charge in [-0.05, 0) is 29.8 Å². The van der Waals surface area contributed by atoms with Gasteiger partial charge in [0, 0.05) is 5.92 Å². The van der Waals surface area contributed by atoms with Crippen molar-refractivity contribution in [1.29, 1.82) is 5.26 Å². The Kier molecular flexibility index (Phi) is 3.53. The van der Waals surface area contributed by atoms with Crippen molar-refractivity contribution >= 4 is 16.1 Å². The van der Waals surface area contributed by atoms with E-state index in [1.165, 1.54) is 36.4 Å². The highest BCUT2D eigenvalue weighted by atomic mass is 32.2. The normalized spacial score (nSPS) is 26.3. The molecule has 1 aliphatic rings. The van der Waals surface area contributed by atoms with Gasteiger partial charge >= 0.3 is 0 Å². The van der Waals surface area contributed by atoms with Crippen LogP contribution in [0.2, 0.25) is 0 Å².